The van der Waals surface area contributed by atoms with Crippen LogP contribution in [0.5, 0.6) is 0 Å². The molecule has 86 valence electrons. The van der Waals surface area contributed by atoms with Crippen molar-refractivity contribution in [3.05, 3.63) is 0 Å². The van der Waals surface area contributed by atoms with E-state index in [0.29, 0.717) is 12.5 Å². The monoisotopic (exact) mass is 210 g/mol. The molecule has 1 aliphatic heterocycles. The van der Waals surface area contributed by atoms with Gasteiger partial charge in [0, 0.05) is 18.5 Å². The summed E-state index contributed by atoms with van der Waals surface area (Å²) in [7, 11) is 0. The number of rotatable bonds is 3. The Labute approximate surface area is 92.0 Å². The quantitative estimate of drug-likeness (QED) is 0.765. The van der Waals surface area contributed by atoms with Gasteiger partial charge in [-0.05, 0) is 37.6 Å². The highest BCUT2D eigenvalue weighted by Crippen LogP contribution is 2.51. The topological polar surface area (TPSA) is 46.3 Å². The molecule has 1 saturated carbocycles. The second-order valence-electron chi connectivity index (χ2n) is 5.63. The minimum atomic E-state index is 0.0276. The Hall–Kier alpha value is -0.570. The standard InChI is InChI=1S/C12H22N2O/c1-3-12(4-5-12)10(15)14-7-6-11(2,8-13)9-14/h3-9,13H2,1-2H3. The van der Waals surface area contributed by atoms with Gasteiger partial charge in [0.25, 0.3) is 0 Å². The van der Waals surface area contributed by atoms with Crippen molar-refractivity contribution < 1.29 is 4.79 Å². The fraction of sp³-hybridized carbons (Fsp3) is 0.917. The summed E-state index contributed by atoms with van der Waals surface area (Å²) < 4.78 is 0. The van der Waals surface area contributed by atoms with Crippen LogP contribution in [0.15, 0.2) is 0 Å². The molecule has 3 nitrogen and oxygen atoms in total. The highest BCUT2D eigenvalue weighted by molar-refractivity contribution is 5.85. The highest BCUT2D eigenvalue weighted by atomic mass is 16.2. The Morgan fingerprint density at radius 3 is 2.47 bits per heavy atom. The van der Waals surface area contributed by atoms with Gasteiger partial charge in [-0.3, -0.25) is 4.79 Å². The Morgan fingerprint density at radius 1 is 1.40 bits per heavy atom. The van der Waals surface area contributed by atoms with Crippen LogP contribution in [-0.4, -0.2) is 30.4 Å². The maximum atomic E-state index is 12.2. The van der Waals surface area contributed by atoms with Gasteiger partial charge in [0.15, 0.2) is 0 Å². The molecule has 1 unspecified atom stereocenters. The van der Waals surface area contributed by atoms with E-state index in [1.165, 1.54) is 0 Å². The number of likely N-dealkylation sites (tertiary alicyclic amines) is 1. The number of hydrogen-bond acceptors (Lipinski definition) is 2. The van der Waals surface area contributed by atoms with Crippen molar-refractivity contribution in [3.8, 4) is 0 Å². The van der Waals surface area contributed by atoms with E-state index in [1.807, 2.05) is 4.90 Å². The minimum Gasteiger partial charge on any atom is -0.342 e. The molecule has 1 saturated heterocycles. The number of carbonyl (C=O) groups excluding carboxylic acids is 1. The first kappa shape index (κ1) is 10.9. The van der Waals surface area contributed by atoms with Gasteiger partial charge in [-0.2, -0.15) is 0 Å². The predicted octanol–water partition coefficient (Wildman–Crippen LogP) is 1.37. The maximum absolute atomic E-state index is 12.2. The Balaban J connectivity index is 1.99. The van der Waals surface area contributed by atoms with Crippen LogP contribution in [-0.2, 0) is 4.79 Å². The molecule has 0 aromatic rings. The van der Waals surface area contributed by atoms with Gasteiger partial charge in [0.05, 0.1) is 0 Å². The van der Waals surface area contributed by atoms with E-state index in [-0.39, 0.29) is 10.8 Å². The molecule has 0 aromatic carbocycles. The van der Waals surface area contributed by atoms with E-state index >= 15 is 0 Å². The fourth-order valence-electron chi connectivity index (χ4n) is 2.57. The largest absolute Gasteiger partial charge is 0.342 e. The summed E-state index contributed by atoms with van der Waals surface area (Å²) in [5, 5.41) is 0. The van der Waals surface area contributed by atoms with Crippen LogP contribution in [0.25, 0.3) is 0 Å². The zero-order chi connectivity index (χ0) is 11.1. The van der Waals surface area contributed by atoms with Crippen molar-refractivity contribution in [2.45, 2.75) is 39.5 Å². The van der Waals surface area contributed by atoms with Gasteiger partial charge in [-0.25, -0.2) is 0 Å². The van der Waals surface area contributed by atoms with E-state index in [0.717, 1.165) is 38.8 Å². The van der Waals surface area contributed by atoms with Crippen LogP contribution in [0.2, 0.25) is 0 Å². The molecular weight excluding hydrogens is 188 g/mol. The van der Waals surface area contributed by atoms with Crippen LogP contribution in [0.4, 0.5) is 0 Å². The third kappa shape index (κ3) is 1.78. The molecule has 0 bridgehead atoms. The molecule has 1 atom stereocenters. The number of nitrogens with zero attached hydrogens (tertiary/aromatic N) is 1. The van der Waals surface area contributed by atoms with Crippen molar-refractivity contribution in [2.24, 2.45) is 16.6 Å². The molecule has 2 rings (SSSR count). The van der Waals surface area contributed by atoms with Crippen LogP contribution < -0.4 is 5.73 Å². The highest BCUT2D eigenvalue weighted by Gasteiger charge is 2.51. The van der Waals surface area contributed by atoms with Gasteiger partial charge in [-0.1, -0.05) is 13.8 Å². The van der Waals surface area contributed by atoms with Gasteiger partial charge in [-0.15, -0.1) is 0 Å². The lowest BCUT2D eigenvalue weighted by molar-refractivity contribution is -0.136. The second kappa shape index (κ2) is 3.48. The summed E-state index contributed by atoms with van der Waals surface area (Å²) in [5.74, 6) is 0.391. The molecule has 2 aliphatic rings. The Bertz CT molecular complexity index is 273. The molecule has 3 heteroatoms. The normalized spacial score (nSPS) is 33.1. The molecule has 15 heavy (non-hydrogen) atoms. The predicted molar refractivity (Wildman–Crippen MR) is 60.3 cm³/mol. The van der Waals surface area contributed by atoms with E-state index in [4.69, 9.17) is 5.73 Å². The lowest BCUT2D eigenvalue weighted by atomic mass is 9.90. The summed E-state index contributed by atoms with van der Waals surface area (Å²) in [6, 6.07) is 0. The number of amides is 1. The van der Waals surface area contributed by atoms with Crippen molar-refractivity contribution in [1.29, 1.82) is 0 Å². The van der Waals surface area contributed by atoms with Crippen molar-refractivity contribution in [2.75, 3.05) is 19.6 Å². The molecule has 1 aliphatic carbocycles. The number of carbonyl (C=O) groups is 1. The van der Waals surface area contributed by atoms with Crippen LogP contribution >= 0.6 is 0 Å². The van der Waals surface area contributed by atoms with Gasteiger partial charge < -0.3 is 10.6 Å². The van der Waals surface area contributed by atoms with Crippen LogP contribution in [0, 0.1) is 10.8 Å². The molecule has 1 heterocycles. The summed E-state index contributed by atoms with van der Waals surface area (Å²) >= 11 is 0. The molecule has 2 N–H and O–H groups in total. The third-order valence-electron chi connectivity index (χ3n) is 4.32. The Kier molecular flexibility index (Phi) is 2.53. The van der Waals surface area contributed by atoms with Crippen molar-refractivity contribution in [1.82, 2.24) is 4.90 Å². The average molecular weight is 210 g/mol. The zero-order valence-corrected chi connectivity index (χ0v) is 9.88. The van der Waals surface area contributed by atoms with Crippen molar-refractivity contribution in [3.63, 3.8) is 0 Å². The molecule has 0 radical (unpaired) electrons. The molecular formula is C12H22N2O. The third-order valence-corrected chi connectivity index (χ3v) is 4.32. The second-order valence-corrected chi connectivity index (χ2v) is 5.63. The first-order valence-electron chi connectivity index (χ1n) is 6.05. The first-order valence-corrected chi connectivity index (χ1v) is 6.05. The summed E-state index contributed by atoms with van der Waals surface area (Å²) in [5.41, 5.74) is 5.94. The van der Waals surface area contributed by atoms with E-state index in [1.54, 1.807) is 0 Å². The number of hydrogen-bond donors (Lipinski definition) is 1. The lowest BCUT2D eigenvalue weighted by Crippen LogP contribution is -2.38. The van der Waals surface area contributed by atoms with E-state index in [2.05, 4.69) is 13.8 Å². The summed E-state index contributed by atoms with van der Waals surface area (Å²) in [4.78, 5) is 14.3. The molecule has 0 spiro atoms. The van der Waals surface area contributed by atoms with Crippen LogP contribution in [0.1, 0.15) is 39.5 Å². The first-order chi connectivity index (χ1) is 7.05. The van der Waals surface area contributed by atoms with Gasteiger partial charge in [0.1, 0.15) is 0 Å². The van der Waals surface area contributed by atoms with Gasteiger partial charge in [0.2, 0.25) is 5.91 Å². The minimum absolute atomic E-state index is 0.0276. The summed E-state index contributed by atoms with van der Waals surface area (Å²) in [6.45, 7) is 6.78. The zero-order valence-electron chi connectivity index (χ0n) is 9.88. The molecule has 2 fully saturated rings. The fourth-order valence-corrected chi connectivity index (χ4v) is 2.57. The smallest absolute Gasteiger partial charge is 0.228 e. The number of nitrogens with two attached hydrogens (primary N) is 1. The SMILES string of the molecule is CCC1(C(=O)N2CCC(C)(CN)C2)CC1. The summed E-state index contributed by atoms with van der Waals surface area (Å²) in [6.07, 6.45) is 4.26. The van der Waals surface area contributed by atoms with Gasteiger partial charge >= 0.3 is 0 Å². The average Bonchev–Trinajstić information content (AvgIpc) is 2.96. The Morgan fingerprint density at radius 2 is 2.07 bits per heavy atom. The van der Waals surface area contributed by atoms with E-state index < -0.39 is 0 Å². The molecule has 1 amide bonds. The van der Waals surface area contributed by atoms with Crippen molar-refractivity contribution >= 4 is 5.91 Å². The van der Waals surface area contributed by atoms with E-state index in [9.17, 15) is 4.79 Å². The molecule has 0 aromatic heterocycles. The van der Waals surface area contributed by atoms with Crippen LogP contribution in [0.3, 0.4) is 0 Å². The lowest BCUT2D eigenvalue weighted by Gasteiger charge is -2.25. The maximum Gasteiger partial charge on any atom is 0.228 e.